The minimum absolute atomic E-state index is 0.0958. The van der Waals surface area contributed by atoms with Crippen LogP contribution >= 0.6 is 0 Å². The van der Waals surface area contributed by atoms with Crippen molar-refractivity contribution < 1.29 is 41.8 Å². The van der Waals surface area contributed by atoms with Crippen LogP contribution in [0.5, 0.6) is 17.2 Å². The second-order valence-electron chi connectivity index (χ2n) is 8.58. The van der Waals surface area contributed by atoms with Crippen molar-refractivity contribution in [1.29, 1.82) is 0 Å². The van der Waals surface area contributed by atoms with Gasteiger partial charge in [-0.05, 0) is 26.8 Å². The van der Waals surface area contributed by atoms with Gasteiger partial charge in [-0.2, -0.15) is 0 Å². The Morgan fingerprint density at radius 3 is 2.13 bits per heavy atom. The molecule has 0 radical (unpaired) electrons. The Hall–Kier alpha value is -4.62. The molecular formula is C24H23F3N4O7. The SMILES string of the molecule is COc1cc(OC)c(F)c(COc2cnc(N(C(=O)OC(C)(C)C)c3c(F)cccc3[N+](=O)[O-])nc2)c1F. The van der Waals surface area contributed by atoms with Crippen molar-refractivity contribution in [3.05, 3.63) is 69.8 Å². The molecule has 202 valence electrons. The number of anilines is 2. The largest absolute Gasteiger partial charge is 0.494 e. The van der Waals surface area contributed by atoms with Crippen molar-refractivity contribution >= 4 is 23.4 Å². The molecule has 0 aliphatic heterocycles. The highest BCUT2D eigenvalue weighted by atomic mass is 19.1. The average molecular weight is 536 g/mol. The molecule has 38 heavy (non-hydrogen) atoms. The summed E-state index contributed by atoms with van der Waals surface area (Å²) in [5.41, 5.74) is -3.03. The molecule has 0 aliphatic carbocycles. The normalized spacial score (nSPS) is 11.1. The molecule has 1 amide bonds. The Balaban J connectivity index is 1.97. The van der Waals surface area contributed by atoms with Gasteiger partial charge in [0.1, 0.15) is 12.2 Å². The van der Waals surface area contributed by atoms with Crippen LogP contribution in [0.15, 0.2) is 36.7 Å². The Bertz CT molecular complexity index is 1320. The van der Waals surface area contributed by atoms with Crippen LogP contribution in [0, 0.1) is 27.6 Å². The van der Waals surface area contributed by atoms with Crippen LogP contribution in [0.25, 0.3) is 0 Å². The molecule has 1 aromatic heterocycles. The van der Waals surface area contributed by atoms with Crippen molar-refractivity contribution in [2.45, 2.75) is 33.0 Å². The third-order valence-corrected chi connectivity index (χ3v) is 4.82. The quantitative estimate of drug-likeness (QED) is 0.272. The first-order valence-corrected chi connectivity index (χ1v) is 10.9. The summed E-state index contributed by atoms with van der Waals surface area (Å²) in [5.74, 6) is -4.24. The predicted octanol–water partition coefficient (Wildman–Crippen LogP) is 5.47. The number of para-hydroxylation sites is 1. The summed E-state index contributed by atoms with van der Waals surface area (Å²) >= 11 is 0. The highest BCUT2D eigenvalue weighted by Gasteiger charge is 2.34. The zero-order chi connectivity index (χ0) is 28.2. The molecule has 3 rings (SSSR count). The van der Waals surface area contributed by atoms with Crippen molar-refractivity contribution in [3.63, 3.8) is 0 Å². The number of carbonyl (C=O) groups excluding carboxylic acids is 1. The van der Waals surface area contributed by atoms with Crippen molar-refractivity contribution in [1.82, 2.24) is 9.97 Å². The third-order valence-electron chi connectivity index (χ3n) is 4.82. The van der Waals surface area contributed by atoms with Gasteiger partial charge in [0.05, 0.1) is 37.1 Å². The molecular weight excluding hydrogens is 513 g/mol. The summed E-state index contributed by atoms with van der Waals surface area (Å²) in [6, 6.07) is 4.06. The van der Waals surface area contributed by atoms with Gasteiger partial charge in [0, 0.05) is 12.1 Å². The van der Waals surface area contributed by atoms with E-state index in [9.17, 15) is 28.1 Å². The van der Waals surface area contributed by atoms with Gasteiger partial charge in [0.25, 0.3) is 5.69 Å². The molecule has 1 heterocycles. The predicted molar refractivity (Wildman–Crippen MR) is 127 cm³/mol. The van der Waals surface area contributed by atoms with Gasteiger partial charge in [0.2, 0.25) is 5.95 Å². The maximum absolute atomic E-state index is 14.8. The number of nitro groups is 1. The molecule has 0 saturated heterocycles. The summed E-state index contributed by atoms with van der Waals surface area (Å²) in [4.78, 5) is 32.0. The molecule has 0 unspecified atom stereocenters. The second kappa shape index (κ2) is 11.2. The number of hydrogen-bond acceptors (Lipinski definition) is 9. The van der Waals surface area contributed by atoms with Gasteiger partial charge < -0.3 is 18.9 Å². The summed E-state index contributed by atoms with van der Waals surface area (Å²) in [7, 11) is 2.40. The molecule has 0 spiro atoms. The van der Waals surface area contributed by atoms with Crippen molar-refractivity contribution in [2.75, 3.05) is 19.1 Å². The van der Waals surface area contributed by atoms with Crippen LogP contribution in [0.2, 0.25) is 0 Å². The maximum Gasteiger partial charge on any atom is 0.422 e. The lowest BCUT2D eigenvalue weighted by molar-refractivity contribution is -0.384. The highest BCUT2D eigenvalue weighted by molar-refractivity contribution is 5.97. The van der Waals surface area contributed by atoms with Gasteiger partial charge in [-0.25, -0.2) is 32.8 Å². The molecule has 14 heteroatoms. The first-order valence-electron chi connectivity index (χ1n) is 10.9. The number of hydrogen-bond donors (Lipinski definition) is 0. The minimum atomic E-state index is -1.19. The molecule has 3 aromatic rings. The molecule has 11 nitrogen and oxygen atoms in total. The molecule has 2 aromatic carbocycles. The number of aromatic nitrogens is 2. The lowest BCUT2D eigenvalue weighted by Gasteiger charge is -2.26. The molecule has 0 aliphatic rings. The van der Waals surface area contributed by atoms with E-state index in [-0.39, 0.29) is 17.2 Å². The van der Waals surface area contributed by atoms with Crippen LogP contribution < -0.4 is 19.1 Å². The number of methoxy groups -OCH3 is 2. The van der Waals surface area contributed by atoms with Crippen molar-refractivity contribution in [3.8, 4) is 17.2 Å². The van der Waals surface area contributed by atoms with Crippen molar-refractivity contribution in [2.24, 2.45) is 0 Å². The fourth-order valence-corrected chi connectivity index (χ4v) is 3.17. The first-order chi connectivity index (χ1) is 17.9. The zero-order valence-corrected chi connectivity index (χ0v) is 21.0. The van der Waals surface area contributed by atoms with Crippen LogP contribution in [0.4, 0.5) is 35.3 Å². The summed E-state index contributed by atoms with van der Waals surface area (Å²) in [6.07, 6.45) is 0.867. The molecule has 0 saturated carbocycles. The van der Waals surface area contributed by atoms with E-state index in [1.807, 2.05) is 0 Å². The topological polar surface area (TPSA) is 126 Å². The van der Waals surface area contributed by atoms with Crippen LogP contribution in [-0.2, 0) is 11.3 Å². The smallest absolute Gasteiger partial charge is 0.422 e. The number of halogens is 3. The number of amides is 1. The average Bonchev–Trinajstić information content (AvgIpc) is 2.85. The van der Waals surface area contributed by atoms with E-state index in [0.29, 0.717) is 4.90 Å². The Morgan fingerprint density at radius 2 is 1.63 bits per heavy atom. The van der Waals surface area contributed by atoms with E-state index >= 15 is 0 Å². The Labute approximate surface area is 214 Å². The first kappa shape index (κ1) is 28.0. The van der Waals surface area contributed by atoms with E-state index < -0.39 is 63.6 Å². The number of carbonyl (C=O) groups is 1. The number of ether oxygens (including phenoxy) is 4. The van der Waals surface area contributed by atoms with Gasteiger partial charge in [-0.15, -0.1) is 0 Å². The van der Waals surface area contributed by atoms with Gasteiger partial charge in [-0.3, -0.25) is 10.1 Å². The van der Waals surface area contributed by atoms with Crippen LogP contribution in [0.1, 0.15) is 26.3 Å². The maximum atomic E-state index is 14.8. The Morgan fingerprint density at radius 1 is 1.05 bits per heavy atom. The Kier molecular flexibility index (Phi) is 8.23. The van der Waals surface area contributed by atoms with E-state index in [0.717, 1.165) is 36.7 Å². The number of nitro benzene ring substituents is 1. The minimum Gasteiger partial charge on any atom is -0.494 e. The van der Waals surface area contributed by atoms with Gasteiger partial charge >= 0.3 is 6.09 Å². The summed E-state index contributed by atoms with van der Waals surface area (Å²) < 4.78 is 64.4. The number of rotatable bonds is 8. The lowest BCUT2D eigenvalue weighted by Crippen LogP contribution is -2.35. The molecule has 0 atom stereocenters. The van der Waals surface area contributed by atoms with E-state index in [1.54, 1.807) is 20.8 Å². The van der Waals surface area contributed by atoms with E-state index in [2.05, 4.69) is 9.97 Å². The highest BCUT2D eigenvalue weighted by Crippen LogP contribution is 2.36. The monoisotopic (exact) mass is 536 g/mol. The fourth-order valence-electron chi connectivity index (χ4n) is 3.17. The standard InChI is InChI=1S/C24H23F3N4O7/c1-24(2,3)38-23(32)30(21-15(25)7-6-8-16(21)31(33)34)22-28-10-13(11-29-22)37-12-14-19(26)17(35-4)9-18(36-5)20(14)27/h6-11H,12H2,1-5H3. The van der Waals surface area contributed by atoms with Crippen LogP contribution in [-0.4, -0.2) is 40.8 Å². The summed E-state index contributed by atoms with van der Waals surface area (Å²) in [5, 5.41) is 11.6. The number of benzene rings is 2. The fraction of sp³-hybridized carbons (Fsp3) is 0.292. The molecule has 0 N–H and O–H groups in total. The van der Waals surface area contributed by atoms with E-state index in [4.69, 9.17) is 18.9 Å². The second-order valence-corrected chi connectivity index (χ2v) is 8.58. The zero-order valence-electron chi connectivity index (χ0n) is 21.0. The molecule has 0 bridgehead atoms. The van der Waals surface area contributed by atoms with Gasteiger partial charge in [0.15, 0.2) is 40.4 Å². The third kappa shape index (κ3) is 6.02. The van der Waals surface area contributed by atoms with E-state index in [1.165, 1.54) is 14.2 Å². The summed E-state index contributed by atoms with van der Waals surface area (Å²) in [6.45, 7) is 4.01. The number of nitrogens with zero attached hydrogens (tertiary/aromatic N) is 4. The van der Waals surface area contributed by atoms with Crippen LogP contribution in [0.3, 0.4) is 0 Å². The lowest BCUT2D eigenvalue weighted by atomic mass is 10.1. The van der Waals surface area contributed by atoms with Gasteiger partial charge in [-0.1, -0.05) is 6.07 Å². The molecule has 0 fully saturated rings.